The fourth-order valence-electron chi connectivity index (χ4n) is 3.15. The highest BCUT2D eigenvalue weighted by atomic mass is 32.1. The SMILES string of the molecule is CCCc1c(Cc2csnc2-c2ncccc2C#N)ncn2nc(C)nc12. The standard InChI is InChI=1S/C19H17N7S/c1-3-5-15-16(22-11-26-19(15)23-12(2)24-26)8-14-10-27-25-18(14)17-13(9-20)6-4-7-21-17/h4,6-7,10-11H,3,5,8H2,1-2H3. The van der Waals surface area contributed by atoms with E-state index in [9.17, 15) is 5.26 Å². The zero-order valence-electron chi connectivity index (χ0n) is 15.0. The third-order valence-electron chi connectivity index (χ3n) is 4.33. The molecule has 27 heavy (non-hydrogen) atoms. The Hall–Kier alpha value is -3.18. The van der Waals surface area contributed by atoms with Gasteiger partial charge in [-0.2, -0.15) is 14.7 Å². The maximum Gasteiger partial charge on any atom is 0.162 e. The van der Waals surface area contributed by atoms with Crippen LogP contribution in [0.3, 0.4) is 0 Å². The van der Waals surface area contributed by atoms with Crippen molar-refractivity contribution in [3.05, 3.63) is 58.2 Å². The molecule has 8 heteroatoms. The van der Waals surface area contributed by atoms with Crippen molar-refractivity contribution in [1.29, 1.82) is 5.26 Å². The number of fused-ring (bicyclic) bond motifs is 1. The van der Waals surface area contributed by atoms with Gasteiger partial charge in [-0.1, -0.05) is 13.3 Å². The van der Waals surface area contributed by atoms with E-state index in [-0.39, 0.29) is 0 Å². The Kier molecular flexibility index (Phi) is 4.60. The third kappa shape index (κ3) is 3.17. The van der Waals surface area contributed by atoms with Gasteiger partial charge in [0.05, 0.1) is 11.3 Å². The van der Waals surface area contributed by atoms with E-state index in [0.717, 1.165) is 46.8 Å². The molecular formula is C19H17N7S. The summed E-state index contributed by atoms with van der Waals surface area (Å²) in [6.07, 6.45) is 5.89. The Balaban J connectivity index is 1.79. The Bertz CT molecular complexity index is 1150. The first-order valence-corrected chi connectivity index (χ1v) is 9.53. The zero-order chi connectivity index (χ0) is 18.8. The second-order valence-electron chi connectivity index (χ2n) is 6.22. The molecule has 4 aromatic rings. The van der Waals surface area contributed by atoms with Crippen molar-refractivity contribution in [2.75, 3.05) is 0 Å². The Labute approximate surface area is 160 Å². The maximum absolute atomic E-state index is 9.39. The van der Waals surface area contributed by atoms with Gasteiger partial charge < -0.3 is 0 Å². The molecule has 0 aliphatic heterocycles. The van der Waals surface area contributed by atoms with Gasteiger partial charge in [-0.3, -0.25) is 4.98 Å². The van der Waals surface area contributed by atoms with Gasteiger partial charge in [0.15, 0.2) is 5.65 Å². The number of aryl methyl sites for hydroxylation is 2. The summed E-state index contributed by atoms with van der Waals surface area (Å²) in [7, 11) is 0. The monoisotopic (exact) mass is 375 g/mol. The molecule has 0 saturated carbocycles. The number of hydrogen-bond acceptors (Lipinski definition) is 7. The maximum atomic E-state index is 9.39. The first-order valence-electron chi connectivity index (χ1n) is 8.69. The van der Waals surface area contributed by atoms with Gasteiger partial charge in [0.1, 0.15) is 29.6 Å². The van der Waals surface area contributed by atoms with Crippen molar-refractivity contribution in [3.63, 3.8) is 0 Å². The molecule has 0 radical (unpaired) electrons. The normalized spacial score (nSPS) is 11.0. The molecule has 0 saturated heterocycles. The van der Waals surface area contributed by atoms with Crippen LogP contribution in [-0.2, 0) is 12.8 Å². The molecule has 0 atom stereocenters. The third-order valence-corrected chi connectivity index (χ3v) is 5.01. The molecule has 0 aliphatic rings. The van der Waals surface area contributed by atoms with Gasteiger partial charge in [0, 0.05) is 23.6 Å². The van der Waals surface area contributed by atoms with Crippen LogP contribution in [0.2, 0.25) is 0 Å². The molecule has 0 aromatic carbocycles. The van der Waals surface area contributed by atoms with Crippen LogP contribution < -0.4 is 0 Å². The predicted molar refractivity (Wildman–Crippen MR) is 102 cm³/mol. The van der Waals surface area contributed by atoms with E-state index in [4.69, 9.17) is 0 Å². The molecule has 0 amide bonds. The van der Waals surface area contributed by atoms with Crippen LogP contribution in [0.15, 0.2) is 30.0 Å². The molecule has 0 aliphatic carbocycles. The van der Waals surface area contributed by atoms with E-state index in [0.29, 0.717) is 17.7 Å². The zero-order valence-corrected chi connectivity index (χ0v) is 15.9. The van der Waals surface area contributed by atoms with Crippen molar-refractivity contribution in [1.82, 2.24) is 28.9 Å². The number of hydrogen-bond donors (Lipinski definition) is 0. The van der Waals surface area contributed by atoms with Crippen molar-refractivity contribution in [3.8, 4) is 17.5 Å². The second-order valence-corrected chi connectivity index (χ2v) is 6.85. The molecule has 0 bridgehead atoms. The van der Waals surface area contributed by atoms with Crippen LogP contribution in [0.4, 0.5) is 0 Å². The average Bonchev–Trinajstić information content (AvgIpc) is 3.29. The fourth-order valence-corrected chi connectivity index (χ4v) is 3.83. The highest BCUT2D eigenvalue weighted by Gasteiger charge is 2.18. The topological polar surface area (TPSA) is 92.7 Å². The minimum Gasteiger partial charge on any atom is -0.253 e. The van der Waals surface area contributed by atoms with Crippen LogP contribution in [0.1, 0.15) is 41.6 Å². The lowest BCUT2D eigenvalue weighted by molar-refractivity contribution is 0.833. The number of aromatic nitrogens is 6. The van der Waals surface area contributed by atoms with Gasteiger partial charge in [-0.05, 0) is 42.6 Å². The lowest BCUT2D eigenvalue weighted by Crippen LogP contribution is -2.05. The number of pyridine rings is 1. The number of rotatable bonds is 5. The van der Waals surface area contributed by atoms with E-state index >= 15 is 0 Å². The lowest BCUT2D eigenvalue weighted by Gasteiger charge is -2.09. The molecule has 4 aromatic heterocycles. The van der Waals surface area contributed by atoms with E-state index < -0.39 is 0 Å². The minimum absolute atomic E-state index is 0.523. The van der Waals surface area contributed by atoms with Crippen molar-refractivity contribution >= 4 is 17.2 Å². The van der Waals surface area contributed by atoms with Crippen molar-refractivity contribution in [2.24, 2.45) is 0 Å². The summed E-state index contributed by atoms with van der Waals surface area (Å²) in [5, 5.41) is 15.8. The number of nitrogens with zero attached hydrogens (tertiary/aromatic N) is 7. The van der Waals surface area contributed by atoms with Crippen molar-refractivity contribution in [2.45, 2.75) is 33.1 Å². The van der Waals surface area contributed by atoms with Gasteiger partial charge >= 0.3 is 0 Å². The van der Waals surface area contributed by atoms with Gasteiger partial charge in [0.25, 0.3) is 0 Å². The molecule has 4 heterocycles. The summed E-state index contributed by atoms with van der Waals surface area (Å²) in [5.41, 5.74) is 5.84. The van der Waals surface area contributed by atoms with E-state index in [1.54, 1.807) is 29.2 Å². The van der Waals surface area contributed by atoms with E-state index in [1.807, 2.05) is 12.3 Å². The fraction of sp³-hybridized carbons (Fsp3) is 0.263. The Morgan fingerprint density at radius 1 is 1.26 bits per heavy atom. The first-order chi connectivity index (χ1) is 13.2. The highest BCUT2D eigenvalue weighted by molar-refractivity contribution is 7.04. The predicted octanol–water partition coefficient (Wildman–Crippen LogP) is 3.37. The molecular weight excluding hydrogens is 358 g/mol. The van der Waals surface area contributed by atoms with Crippen LogP contribution in [-0.4, -0.2) is 28.9 Å². The smallest absolute Gasteiger partial charge is 0.162 e. The summed E-state index contributed by atoms with van der Waals surface area (Å²) in [6.45, 7) is 4.02. The van der Waals surface area contributed by atoms with Crippen molar-refractivity contribution < 1.29 is 0 Å². The van der Waals surface area contributed by atoms with Gasteiger partial charge in [0.2, 0.25) is 0 Å². The Morgan fingerprint density at radius 2 is 2.15 bits per heavy atom. The minimum atomic E-state index is 0.523. The van der Waals surface area contributed by atoms with Gasteiger partial charge in [-0.25, -0.2) is 14.5 Å². The molecule has 0 spiro atoms. The summed E-state index contributed by atoms with van der Waals surface area (Å²) in [5.74, 6) is 0.733. The largest absolute Gasteiger partial charge is 0.253 e. The van der Waals surface area contributed by atoms with Crippen LogP contribution in [0.5, 0.6) is 0 Å². The van der Waals surface area contributed by atoms with E-state index in [2.05, 4.69) is 37.4 Å². The Morgan fingerprint density at radius 3 is 2.96 bits per heavy atom. The molecule has 0 fully saturated rings. The summed E-state index contributed by atoms with van der Waals surface area (Å²) in [4.78, 5) is 13.6. The van der Waals surface area contributed by atoms with E-state index in [1.165, 1.54) is 11.5 Å². The summed E-state index contributed by atoms with van der Waals surface area (Å²) in [6, 6.07) is 5.72. The lowest BCUT2D eigenvalue weighted by atomic mass is 10.0. The van der Waals surface area contributed by atoms with Gasteiger partial charge in [-0.15, -0.1) is 0 Å². The summed E-state index contributed by atoms with van der Waals surface area (Å²) >= 11 is 1.37. The average molecular weight is 375 g/mol. The molecule has 134 valence electrons. The quantitative estimate of drug-likeness (QED) is 0.531. The van der Waals surface area contributed by atoms with Crippen LogP contribution in [0.25, 0.3) is 17.0 Å². The second kappa shape index (κ2) is 7.21. The van der Waals surface area contributed by atoms with Crippen LogP contribution in [0, 0.1) is 18.3 Å². The molecule has 7 nitrogen and oxygen atoms in total. The molecule has 0 N–H and O–H groups in total. The first kappa shape index (κ1) is 17.2. The highest BCUT2D eigenvalue weighted by Crippen LogP contribution is 2.28. The molecule has 0 unspecified atom stereocenters. The van der Waals surface area contributed by atoms with Crippen LogP contribution >= 0.6 is 11.5 Å². The molecule has 4 rings (SSSR count). The number of nitriles is 1. The summed E-state index contributed by atoms with van der Waals surface area (Å²) < 4.78 is 6.24.